The number of nitrogens with one attached hydrogen (secondary N) is 4. The molecule has 1 aliphatic rings. The van der Waals surface area contributed by atoms with Gasteiger partial charge in [-0.2, -0.15) is 0 Å². The van der Waals surface area contributed by atoms with E-state index in [4.69, 9.17) is 0 Å². The van der Waals surface area contributed by atoms with Crippen molar-refractivity contribution in [3.63, 3.8) is 0 Å². The van der Waals surface area contributed by atoms with Crippen molar-refractivity contribution in [2.45, 2.75) is 6.54 Å². The van der Waals surface area contributed by atoms with Crippen LogP contribution in [0.1, 0.15) is 5.56 Å². The van der Waals surface area contributed by atoms with Crippen LogP contribution in [-0.2, 0) is 6.54 Å². The summed E-state index contributed by atoms with van der Waals surface area (Å²) in [7, 11) is 0. The molecule has 35 heavy (non-hydrogen) atoms. The first-order valence-electron chi connectivity index (χ1n) is 12.1. The first kappa shape index (κ1) is 22.2. The second kappa shape index (κ2) is 10.1. The minimum atomic E-state index is 0.839. The molecule has 3 aromatic heterocycles. The molecular weight excluding hydrogens is 454 g/mol. The van der Waals surface area contributed by atoms with Crippen LogP contribution in [0.4, 0.5) is 11.5 Å². The zero-order valence-corrected chi connectivity index (χ0v) is 20.4. The molecule has 1 saturated heterocycles. The van der Waals surface area contributed by atoms with Gasteiger partial charge in [0.15, 0.2) is 5.82 Å². The van der Waals surface area contributed by atoms with Crippen molar-refractivity contribution >= 4 is 44.0 Å². The topological polar surface area (TPSA) is 80.9 Å². The maximum atomic E-state index is 4.53. The molecule has 0 bridgehead atoms. The Labute approximate surface area is 208 Å². The number of hydrogen-bond donors (Lipinski definition) is 4. The van der Waals surface area contributed by atoms with Gasteiger partial charge in [0.1, 0.15) is 6.33 Å². The molecule has 7 nitrogen and oxygen atoms in total. The Balaban J connectivity index is 1.12. The van der Waals surface area contributed by atoms with E-state index in [2.05, 4.69) is 90.4 Å². The minimum Gasteiger partial charge on any atom is -0.361 e. The summed E-state index contributed by atoms with van der Waals surface area (Å²) >= 11 is 1.72. The predicted octanol–water partition coefficient (Wildman–Crippen LogP) is 4.58. The van der Waals surface area contributed by atoms with Gasteiger partial charge in [0.05, 0.1) is 10.2 Å². The lowest BCUT2D eigenvalue weighted by atomic mass is 10.1. The van der Waals surface area contributed by atoms with Crippen molar-refractivity contribution in [2.24, 2.45) is 0 Å². The molecule has 0 spiro atoms. The molecule has 178 valence electrons. The number of aromatic amines is 1. The summed E-state index contributed by atoms with van der Waals surface area (Å²) in [6.07, 6.45) is 3.59. The van der Waals surface area contributed by atoms with Crippen LogP contribution in [0.3, 0.4) is 0 Å². The van der Waals surface area contributed by atoms with Crippen LogP contribution >= 0.6 is 11.3 Å². The van der Waals surface area contributed by atoms with E-state index in [1.165, 1.54) is 21.4 Å². The van der Waals surface area contributed by atoms with Crippen molar-refractivity contribution in [1.29, 1.82) is 0 Å². The Hall–Kier alpha value is -3.30. The average molecular weight is 484 g/mol. The van der Waals surface area contributed by atoms with Crippen molar-refractivity contribution in [3.05, 3.63) is 72.7 Å². The number of H-pyrrole nitrogens is 1. The Bertz CT molecular complexity index is 1420. The van der Waals surface area contributed by atoms with E-state index in [-0.39, 0.29) is 0 Å². The van der Waals surface area contributed by atoms with Crippen LogP contribution in [0.2, 0.25) is 0 Å². The largest absolute Gasteiger partial charge is 0.361 e. The van der Waals surface area contributed by atoms with E-state index in [1.807, 2.05) is 6.20 Å². The van der Waals surface area contributed by atoms with Gasteiger partial charge in [-0.15, -0.1) is 11.3 Å². The van der Waals surface area contributed by atoms with Gasteiger partial charge in [0.25, 0.3) is 0 Å². The van der Waals surface area contributed by atoms with E-state index in [0.29, 0.717) is 0 Å². The maximum Gasteiger partial charge on any atom is 0.151 e. The molecule has 5 aromatic rings. The molecule has 4 heterocycles. The second-order valence-electron chi connectivity index (χ2n) is 8.92. The number of anilines is 2. The summed E-state index contributed by atoms with van der Waals surface area (Å²) in [5.74, 6) is 0.839. The van der Waals surface area contributed by atoms with Gasteiger partial charge in [-0.05, 0) is 41.5 Å². The molecule has 0 saturated carbocycles. The van der Waals surface area contributed by atoms with E-state index in [1.54, 1.807) is 17.7 Å². The van der Waals surface area contributed by atoms with E-state index in [9.17, 15) is 0 Å². The lowest BCUT2D eigenvalue weighted by molar-refractivity contribution is 0.241. The zero-order chi connectivity index (χ0) is 23.5. The smallest absolute Gasteiger partial charge is 0.151 e. The Morgan fingerprint density at radius 1 is 0.971 bits per heavy atom. The van der Waals surface area contributed by atoms with Crippen LogP contribution in [0.5, 0.6) is 0 Å². The Kier molecular flexibility index (Phi) is 6.42. The van der Waals surface area contributed by atoms with Crippen LogP contribution < -0.4 is 16.0 Å². The van der Waals surface area contributed by atoms with Crippen LogP contribution in [-0.4, -0.2) is 59.1 Å². The van der Waals surface area contributed by atoms with Crippen molar-refractivity contribution in [1.82, 2.24) is 30.5 Å². The summed E-state index contributed by atoms with van der Waals surface area (Å²) in [5, 5.41) is 11.6. The number of rotatable bonds is 8. The van der Waals surface area contributed by atoms with Gasteiger partial charge in [-0.25, -0.2) is 9.97 Å². The molecule has 2 aromatic carbocycles. The Morgan fingerprint density at radius 2 is 1.86 bits per heavy atom. The molecule has 1 fully saturated rings. The van der Waals surface area contributed by atoms with Crippen LogP contribution in [0.25, 0.3) is 31.6 Å². The van der Waals surface area contributed by atoms with Gasteiger partial charge in [0, 0.05) is 73.5 Å². The molecule has 1 aliphatic heterocycles. The summed E-state index contributed by atoms with van der Waals surface area (Å²) in [5.41, 5.74) is 5.61. The number of piperazine rings is 1. The van der Waals surface area contributed by atoms with E-state index >= 15 is 0 Å². The number of hydrogen-bond acceptors (Lipinski definition) is 7. The number of aromatic nitrogens is 3. The second-order valence-corrected chi connectivity index (χ2v) is 9.97. The number of thiophene rings is 1. The quantitative estimate of drug-likeness (QED) is 0.242. The van der Waals surface area contributed by atoms with E-state index < -0.39 is 0 Å². The van der Waals surface area contributed by atoms with Gasteiger partial charge >= 0.3 is 0 Å². The van der Waals surface area contributed by atoms with Gasteiger partial charge in [-0.1, -0.05) is 24.3 Å². The summed E-state index contributed by atoms with van der Waals surface area (Å²) < 4.78 is 1.07. The van der Waals surface area contributed by atoms with Gasteiger partial charge < -0.3 is 20.9 Å². The summed E-state index contributed by atoms with van der Waals surface area (Å²) in [6.45, 7) is 7.52. The fraction of sp³-hybridized carbons (Fsp3) is 0.259. The molecule has 0 aliphatic carbocycles. The SMILES string of the molecule is c1nc(Nc2ccc3[nH]ccc3c2)c2sc(-c3ccc(CNCCN4CCNCC4)cc3)cc2n1. The predicted molar refractivity (Wildman–Crippen MR) is 145 cm³/mol. The molecule has 4 N–H and O–H groups in total. The highest BCUT2D eigenvalue weighted by Crippen LogP contribution is 2.36. The van der Waals surface area contributed by atoms with Crippen molar-refractivity contribution in [3.8, 4) is 10.4 Å². The monoisotopic (exact) mass is 483 g/mol. The first-order valence-corrected chi connectivity index (χ1v) is 13.0. The fourth-order valence-electron chi connectivity index (χ4n) is 4.54. The minimum absolute atomic E-state index is 0.839. The molecule has 0 unspecified atom stereocenters. The number of benzene rings is 2. The third-order valence-corrected chi connectivity index (χ3v) is 7.69. The summed E-state index contributed by atoms with van der Waals surface area (Å²) in [4.78, 5) is 16.0. The van der Waals surface area contributed by atoms with Gasteiger partial charge in [-0.3, -0.25) is 4.90 Å². The number of fused-ring (bicyclic) bond motifs is 2. The molecule has 6 rings (SSSR count). The lowest BCUT2D eigenvalue weighted by Gasteiger charge is -2.27. The third kappa shape index (κ3) is 5.06. The van der Waals surface area contributed by atoms with Crippen LogP contribution in [0, 0.1) is 0 Å². The molecule has 0 amide bonds. The molecule has 8 heteroatoms. The van der Waals surface area contributed by atoms with Crippen LogP contribution in [0.15, 0.2) is 67.1 Å². The Morgan fingerprint density at radius 3 is 2.74 bits per heavy atom. The normalized spacial score (nSPS) is 14.6. The standard InChI is InChI=1S/C27H29N7S/c1-3-20(4-2-19(1)17-29-11-14-34-12-9-28-10-13-34)25-16-24-26(35-25)27(32-18-31-24)33-22-5-6-23-21(15-22)7-8-30-23/h1-8,15-16,18,28-30H,9-14,17H2,(H,31,32,33). The fourth-order valence-corrected chi connectivity index (χ4v) is 5.61. The van der Waals surface area contributed by atoms with Crippen molar-refractivity contribution in [2.75, 3.05) is 44.6 Å². The third-order valence-electron chi connectivity index (χ3n) is 6.51. The van der Waals surface area contributed by atoms with Crippen molar-refractivity contribution < 1.29 is 0 Å². The highest BCUT2D eigenvalue weighted by atomic mass is 32.1. The lowest BCUT2D eigenvalue weighted by Crippen LogP contribution is -2.45. The average Bonchev–Trinajstić information content (AvgIpc) is 3.55. The molecule has 0 radical (unpaired) electrons. The number of nitrogens with zero attached hydrogens (tertiary/aromatic N) is 3. The highest BCUT2D eigenvalue weighted by Gasteiger charge is 2.12. The van der Waals surface area contributed by atoms with E-state index in [0.717, 1.165) is 73.1 Å². The summed E-state index contributed by atoms with van der Waals surface area (Å²) in [6, 6.07) is 19.4. The molecular formula is C27H29N7S. The maximum absolute atomic E-state index is 4.53. The first-order chi connectivity index (χ1) is 17.3. The molecule has 0 atom stereocenters. The highest BCUT2D eigenvalue weighted by molar-refractivity contribution is 7.22. The zero-order valence-electron chi connectivity index (χ0n) is 19.6. The van der Waals surface area contributed by atoms with Gasteiger partial charge in [0.2, 0.25) is 0 Å².